The van der Waals surface area contributed by atoms with Crippen LogP contribution in [0.3, 0.4) is 0 Å². The molecule has 0 spiro atoms. The van der Waals surface area contributed by atoms with Gasteiger partial charge >= 0.3 is 0 Å². The smallest absolute Gasteiger partial charge is 0.224 e. The quantitative estimate of drug-likeness (QED) is 0.859. The molecular formula is C13H16N4S. The van der Waals surface area contributed by atoms with Gasteiger partial charge in [0.15, 0.2) is 5.16 Å². The number of aromatic nitrogens is 3. The molecule has 0 radical (unpaired) electrons. The van der Waals surface area contributed by atoms with Gasteiger partial charge in [-0.3, -0.25) is 0 Å². The van der Waals surface area contributed by atoms with Gasteiger partial charge in [0.25, 0.3) is 0 Å². The maximum atomic E-state index is 5.73. The molecule has 94 valence electrons. The fraction of sp³-hybridized carbons (Fsp3) is 0.308. The Labute approximate surface area is 111 Å². The molecule has 0 unspecified atom stereocenters. The summed E-state index contributed by atoms with van der Waals surface area (Å²) in [5, 5.41) is 0.654. The number of thioether (sulfide) groups is 1. The maximum absolute atomic E-state index is 5.73. The molecule has 0 saturated heterocycles. The molecule has 4 nitrogen and oxygen atoms in total. The SMILES string of the molecule is CSc1nc(N)nc(C(C)(C)c2ccccc2)n1. The first kappa shape index (κ1) is 12.8. The molecule has 0 aliphatic rings. The lowest BCUT2D eigenvalue weighted by Crippen LogP contribution is -2.23. The second-order valence-corrected chi connectivity index (χ2v) is 5.27. The van der Waals surface area contributed by atoms with E-state index in [-0.39, 0.29) is 11.4 Å². The summed E-state index contributed by atoms with van der Waals surface area (Å²) in [5.74, 6) is 0.971. The molecule has 0 bridgehead atoms. The van der Waals surface area contributed by atoms with E-state index >= 15 is 0 Å². The molecule has 0 aliphatic carbocycles. The zero-order valence-corrected chi connectivity index (χ0v) is 11.5. The van der Waals surface area contributed by atoms with Crippen molar-refractivity contribution in [2.24, 2.45) is 0 Å². The van der Waals surface area contributed by atoms with E-state index in [0.717, 1.165) is 5.56 Å². The van der Waals surface area contributed by atoms with Gasteiger partial charge in [-0.15, -0.1) is 0 Å². The minimum Gasteiger partial charge on any atom is -0.368 e. The molecule has 18 heavy (non-hydrogen) atoms. The van der Waals surface area contributed by atoms with E-state index < -0.39 is 0 Å². The number of hydrogen-bond acceptors (Lipinski definition) is 5. The molecule has 0 aliphatic heterocycles. The highest BCUT2D eigenvalue weighted by atomic mass is 32.2. The predicted molar refractivity (Wildman–Crippen MR) is 74.6 cm³/mol. The minimum absolute atomic E-state index is 0.272. The van der Waals surface area contributed by atoms with E-state index in [1.54, 1.807) is 0 Å². The molecule has 0 fully saturated rings. The lowest BCUT2D eigenvalue weighted by atomic mass is 9.84. The topological polar surface area (TPSA) is 64.7 Å². The third-order valence-corrected chi connectivity index (χ3v) is 3.42. The van der Waals surface area contributed by atoms with Gasteiger partial charge in [0.05, 0.1) is 0 Å². The number of benzene rings is 1. The van der Waals surface area contributed by atoms with Crippen LogP contribution in [0.15, 0.2) is 35.5 Å². The minimum atomic E-state index is -0.289. The standard InChI is InChI=1S/C13H16N4S/c1-13(2,9-7-5-4-6-8-9)10-15-11(14)17-12(16-10)18-3/h4-8H,1-3H3,(H2,14,15,16,17). The Morgan fingerprint density at radius 2 is 1.72 bits per heavy atom. The van der Waals surface area contributed by atoms with Crippen molar-refractivity contribution in [3.63, 3.8) is 0 Å². The summed E-state index contributed by atoms with van der Waals surface area (Å²) in [4.78, 5) is 12.8. The lowest BCUT2D eigenvalue weighted by Gasteiger charge is -2.23. The van der Waals surface area contributed by atoms with Crippen molar-refractivity contribution in [2.45, 2.75) is 24.4 Å². The van der Waals surface area contributed by atoms with Gasteiger partial charge in [0.1, 0.15) is 5.82 Å². The first-order valence-corrected chi connectivity index (χ1v) is 6.88. The van der Waals surface area contributed by atoms with Crippen molar-refractivity contribution in [3.8, 4) is 0 Å². The Bertz CT molecular complexity index is 540. The molecule has 0 atom stereocenters. The van der Waals surface area contributed by atoms with E-state index in [4.69, 9.17) is 5.73 Å². The van der Waals surface area contributed by atoms with Crippen molar-refractivity contribution >= 4 is 17.7 Å². The van der Waals surface area contributed by atoms with Crippen molar-refractivity contribution in [1.29, 1.82) is 0 Å². The fourth-order valence-corrected chi connectivity index (χ4v) is 2.09. The van der Waals surface area contributed by atoms with Crippen LogP contribution in [0.1, 0.15) is 25.2 Å². The van der Waals surface area contributed by atoms with E-state index in [0.29, 0.717) is 11.0 Å². The normalized spacial score (nSPS) is 11.5. The zero-order chi connectivity index (χ0) is 13.2. The zero-order valence-electron chi connectivity index (χ0n) is 10.7. The van der Waals surface area contributed by atoms with Crippen LogP contribution in [-0.4, -0.2) is 21.2 Å². The average Bonchev–Trinajstić information content (AvgIpc) is 2.39. The maximum Gasteiger partial charge on any atom is 0.224 e. The van der Waals surface area contributed by atoms with Gasteiger partial charge in [-0.25, -0.2) is 4.98 Å². The van der Waals surface area contributed by atoms with Crippen LogP contribution in [0.2, 0.25) is 0 Å². The predicted octanol–water partition coefficient (Wildman–Crippen LogP) is 2.50. The summed E-state index contributed by atoms with van der Waals surface area (Å²) < 4.78 is 0. The molecular weight excluding hydrogens is 244 g/mol. The van der Waals surface area contributed by atoms with Gasteiger partial charge in [-0.2, -0.15) is 9.97 Å². The molecule has 5 heteroatoms. The molecule has 1 heterocycles. The van der Waals surface area contributed by atoms with Crippen molar-refractivity contribution < 1.29 is 0 Å². The van der Waals surface area contributed by atoms with E-state index in [2.05, 4.69) is 40.9 Å². The number of nitrogens with two attached hydrogens (primary N) is 1. The van der Waals surface area contributed by atoms with Crippen LogP contribution in [0.4, 0.5) is 5.95 Å². The third kappa shape index (κ3) is 2.46. The van der Waals surface area contributed by atoms with E-state index in [9.17, 15) is 0 Å². The molecule has 2 N–H and O–H groups in total. The average molecular weight is 260 g/mol. The number of nitrogens with zero attached hydrogens (tertiary/aromatic N) is 3. The summed E-state index contributed by atoms with van der Waals surface area (Å²) in [6.07, 6.45) is 1.92. The van der Waals surface area contributed by atoms with Crippen molar-refractivity contribution in [2.75, 3.05) is 12.0 Å². The fourth-order valence-electron chi connectivity index (χ4n) is 1.73. The van der Waals surface area contributed by atoms with Crippen molar-refractivity contribution in [1.82, 2.24) is 15.0 Å². The molecule has 0 saturated carbocycles. The molecule has 1 aromatic heterocycles. The summed E-state index contributed by atoms with van der Waals surface area (Å²) in [5.41, 5.74) is 6.60. The summed E-state index contributed by atoms with van der Waals surface area (Å²) in [6, 6.07) is 10.2. The highest BCUT2D eigenvalue weighted by molar-refractivity contribution is 7.98. The number of rotatable bonds is 3. The van der Waals surface area contributed by atoms with Crippen LogP contribution in [-0.2, 0) is 5.41 Å². The van der Waals surface area contributed by atoms with Gasteiger partial charge in [-0.1, -0.05) is 42.1 Å². The van der Waals surface area contributed by atoms with Crippen LogP contribution >= 0.6 is 11.8 Å². The Morgan fingerprint density at radius 1 is 1.06 bits per heavy atom. The Balaban J connectivity index is 2.50. The first-order valence-electron chi connectivity index (χ1n) is 5.65. The van der Waals surface area contributed by atoms with Crippen LogP contribution in [0.5, 0.6) is 0 Å². The molecule has 2 rings (SSSR count). The van der Waals surface area contributed by atoms with Crippen molar-refractivity contribution in [3.05, 3.63) is 41.7 Å². The number of hydrogen-bond donors (Lipinski definition) is 1. The summed E-state index contributed by atoms with van der Waals surface area (Å²) in [6.45, 7) is 4.17. The Kier molecular flexibility index (Phi) is 3.52. The second kappa shape index (κ2) is 4.94. The number of nitrogen functional groups attached to an aromatic ring is 1. The van der Waals surface area contributed by atoms with Crippen LogP contribution in [0, 0.1) is 0 Å². The lowest BCUT2D eigenvalue weighted by molar-refractivity contribution is 0.575. The van der Waals surface area contributed by atoms with Gasteiger partial charge < -0.3 is 5.73 Å². The second-order valence-electron chi connectivity index (χ2n) is 4.49. The van der Waals surface area contributed by atoms with E-state index in [1.807, 2.05) is 24.5 Å². The summed E-state index contributed by atoms with van der Waals surface area (Å²) in [7, 11) is 0. The number of anilines is 1. The molecule has 1 aromatic carbocycles. The van der Waals surface area contributed by atoms with E-state index in [1.165, 1.54) is 11.8 Å². The van der Waals surface area contributed by atoms with Gasteiger partial charge in [0, 0.05) is 5.41 Å². The van der Waals surface area contributed by atoms with Crippen LogP contribution < -0.4 is 5.73 Å². The highest BCUT2D eigenvalue weighted by Gasteiger charge is 2.27. The largest absolute Gasteiger partial charge is 0.368 e. The van der Waals surface area contributed by atoms with Crippen LogP contribution in [0.25, 0.3) is 0 Å². The summed E-state index contributed by atoms with van der Waals surface area (Å²) >= 11 is 1.47. The first-order chi connectivity index (χ1) is 8.54. The highest BCUT2D eigenvalue weighted by Crippen LogP contribution is 2.29. The van der Waals surface area contributed by atoms with Gasteiger partial charge in [0.2, 0.25) is 5.95 Å². The Morgan fingerprint density at radius 3 is 2.33 bits per heavy atom. The van der Waals surface area contributed by atoms with Gasteiger partial charge in [-0.05, 0) is 25.7 Å². The monoisotopic (exact) mass is 260 g/mol. The third-order valence-electron chi connectivity index (χ3n) is 2.87. The molecule has 0 amide bonds. The Hall–Kier alpha value is -1.62. The molecule has 2 aromatic rings.